The van der Waals surface area contributed by atoms with Gasteiger partial charge in [-0.25, -0.2) is 0 Å². The fraction of sp³-hybridized carbons (Fsp3) is 0.812. The summed E-state index contributed by atoms with van der Waals surface area (Å²) in [4.78, 5) is 33.5. The van der Waals surface area contributed by atoms with Gasteiger partial charge >= 0.3 is 11.9 Å². The number of hydrogen-bond donors (Lipinski definition) is 2. The smallest absolute Gasteiger partial charge is 0.303 e. The molecule has 1 aliphatic heterocycles. The zero-order valence-electron chi connectivity index (χ0n) is 14.6. The van der Waals surface area contributed by atoms with Crippen LogP contribution in [0.1, 0.15) is 47.0 Å². The van der Waals surface area contributed by atoms with Crippen LogP contribution >= 0.6 is 0 Å². The van der Waals surface area contributed by atoms with Crippen molar-refractivity contribution in [1.29, 1.82) is 0 Å². The zero-order chi connectivity index (χ0) is 18.3. The van der Waals surface area contributed by atoms with Crippen LogP contribution in [0.4, 0.5) is 0 Å². The molecule has 0 aromatic carbocycles. The van der Waals surface area contributed by atoms with E-state index in [0.29, 0.717) is 12.8 Å². The van der Waals surface area contributed by atoms with Crippen molar-refractivity contribution in [2.24, 2.45) is 5.92 Å². The van der Waals surface area contributed by atoms with Gasteiger partial charge in [0.15, 0.2) is 6.29 Å². The molecule has 1 heterocycles. The summed E-state index contributed by atoms with van der Waals surface area (Å²) in [6, 6.07) is -0.644. The quantitative estimate of drug-likeness (QED) is 0.500. The van der Waals surface area contributed by atoms with Gasteiger partial charge in [0.2, 0.25) is 5.91 Å². The average Bonchev–Trinajstić information content (AvgIpc) is 2.48. The lowest BCUT2D eigenvalue weighted by Crippen LogP contribution is -2.62. The molecule has 1 rings (SSSR count). The van der Waals surface area contributed by atoms with E-state index in [1.165, 1.54) is 13.8 Å². The number of hydrogen-bond acceptors (Lipinski definition) is 6. The highest BCUT2D eigenvalue weighted by atomic mass is 16.7. The molecule has 0 aromatic heterocycles. The van der Waals surface area contributed by atoms with Gasteiger partial charge in [-0.05, 0) is 12.8 Å². The first-order valence-electron chi connectivity index (χ1n) is 8.19. The number of carbonyl (C=O) groups is 3. The summed E-state index contributed by atoms with van der Waals surface area (Å²) in [5, 5.41) is 11.4. The molecule has 0 aromatic rings. The van der Waals surface area contributed by atoms with Crippen molar-refractivity contribution >= 4 is 17.8 Å². The highest BCUT2D eigenvalue weighted by Crippen LogP contribution is 2.30. The van der Waals surface area contributed by atoms with Crippen LogP contribution in [0.25, 0.3) is 0 Å². The molecular weight excluding hydrogens is 318 g/mol. The molecule has 0 aliphatic carbocycles. The van der Waals surface area contributed by atoms with Gasteiger partial charge in [-0.1, -0.05) is 13.8 Å². The van der Waals surface area contributed by atoms with Crippen molar-refractivity contribution in [2.75, 3.05) is 6.61 Å². The molecular formula is C16H27NO7. The second-order valence-corrected chi connectivity index (χ2v) is 5.98. The molecule has 8 heteroatoms. The molecule has 1 amide bonds. The summed E-state index contributed by atoms with van der Waals surface area (Å²) >= 11 is 0. The number of rotatable bonds is 8. The Labute approximate surface area is 141 Å². The third-order valence-corrected chi connectivity index (χ3v) is 3.95. The van der Waals surface area contributed by atoms with Gasteiger partial charge in [0, 0.05) is 26.2 Å². The zero-order valence-corrected chi connectivity index (χ0v) is 14.6. The Bertz CT molecular complexity index is 454. The van der Waals surface area contributed by atoms with Crippen LogP contribution in [0.15, 0.2) is 0 Å². The summed E-state index contributed by atoms with van der Waals surface area (Å²) in [5.74, 6) is -1.75. The van der Waals surface area contributed by atoms with Crippen molar-refractivity contribution in [2.45, 2.75) is 71.5 Å². The molecule has 0 saturated carbocycles. The van der Waals surface area contributed by atoms with E-state index in [0.717, 1.165) is 0 Å². The third-order valence-electron chi connectivity index (χ3n) is 3.95. The van der Waals surface area contributed by atoms with Crippen molar-refractivity contribution in [3.05, 3.63) is 0 Å². The van der Waals surface area contributed by atoms with E-state index in [1.54, 1.807) is 0 Å². The first-order valence-corrected chi connectivity index (χ1v) is 8.19. The molecule has 1 fully saturated rings. The predicted molar refractivity (Wildman–Crippen MR) is 84.1 cm³/mol. The minimum Gasteiger partial charge on any atom is -0.481 e. The van der Waals surface area contributed by atoms with Gasteiger partial charge in [-0.3, -0.25) is 14.4 Å². The van der Waals surface area contributed by atoms with Gasteiger partial charge in [-0.2, -0.15) is 0 Å². The lowest BCUT2D eigenvalue weighted by Gasteiger charge is -2.44. The second kappa shape index (κ2) is 9.58. The van der Waals surface area contributed by atoms with E-state index in [-0.39, 0.29) is 31.0 Å². The first kappa shape index (κ1) is 20.4. The monoisotopic (exact) mass is 345 g/mol. The molecule has 5 unspecified atom stereocenters. The maximum absolute atomic E-state index is 11.5. The summed E-state index contributed by atoms with van der Waals surface area (Å²) in [6.07, 6.45) is -0.558. The number of esters is 1. The topological polar surface area (TPSA) is 111 Å². The van der Waals surface area contributed by atoms with Crippen LogP contribution in [0, 0.1) is 5.92 Å². The lowest BCUT2D eigenvalue weighted by atomic mass is 9.87. The van der Waals surface area contributed by atoms with E-state index < -0.39 is 30.4 Å². The van der Waals surface area contributed by atoms with Crippen LogP contribution in [-0.2, 0) is 28.6 Å². The van der Waals surface area contributed by atoms with Gasteiger partial charge in [-0.15, -0.1) is 0 Å². The van der Waals surface area contributed by atoms with E-state index >= 15 is 0 Å². The van der Waals surface area contributed by atoms with Gasteiger partial charge in [0.1, 0.15) is 12.1 Å². The second-order valence-electron chi connectivity index (χ2n) is 5.98. The minimum atomic E-state index is -0.903. The predicted octanol–water partition coefficient (Wildman–Crippen LogP) is 1.08. The fourth-order valence-corrected chi connectivity index (χ4v) is 2.87. The number of ether oxygens (including phenoxy) is 3. The van der Waals surface area contributed by atoms with E-state index in [1.807, 2.05) is 13.8 Å². The molecule has 5 atom stereocenters. The van der Waals surface area contributed by atoms with Crippen LogP contribution < -0.4 is 5.32 Å². The molecule has 0 spiro atoms. The van der Waals surface area contributed by atoms with Crippen LogP contribution in [-0.4, -0.2) is 54.1 Å². The van der Waals surface area contributed by atoms with E-state index in [2.05, 4.69) is 5.32 Å². The maximum atomic E-state index is 11.5. The normalized spacial score (nSPS) is 29.8. The number of carboxylic acids is 1. The van der Waals surface area contributed by atoms with E-state index in [9.17, 15) is 14.4 Å². The number of carbonyl (C=O) groups excluding carboxylic acids is 2. The fourth-order valence-electron chi connectivity index (χ4n) is 2.87. The van der Waals surface area contributed by atoms with Gasteiger partial charge in [0.25, 0.3) is 0 Å². The molecule has 0 radical (unpaired) electrons. The Kier molecular flexibility index (Phi) is 8.14. The maximum Gasteiger partial charge on any atom is 0.303 e. The Morgan fingerprint density at radius 3 is 2.42 bits per heavy atom. The Hall–Kier alpha value is -1.67. The number of aliphatic carboxylic acids is 1. The van der Waals surface area contributed by atoms with Gasteiger partial charge < -0.3 is 24.6 Å². The van der Waals surface area contributed by atoms with Crippen molar-refractivity contribution in [3.8, 4) is 0 Å². The molecule has 1 saturated heterocycles. The summed E-state index contributed by atoms with van der Waals surface area (Å²) < 4.78 is 17.0. The lowest BCUT2D eigenvalue weighted by molar-refractivity contribution is -0.253. The van der Waals surface area contributed by atoms with Gasteiger partial charge in [0.05, 0.1) is 12.7 Å². The van der Waals surface area contributed by atoms with E-state index in [4.69, 9.17) is 19.3 Å². The van der Waals surface area contributed by atoms with Crippen molar-refractivity contribution < 1.29 is 33.7 Å². The summed E-state index contributed by atoms with van der Waals surface area (Å²) in [5.41, 5.74) is 0. The van der Waals surface area contributed by atoms with Crippen LogP contribution in [0.5, 0.6) is 0 Å². The first-order chi connectivity index (χ1) is 11.3. The molecule has 0 bridgehead atoms. The average molecular weight is 345 g/mol. The Morgan fingerprint density at radius 2 is 1.92 bits per heavy atom. The highest BCUT2D eigenvalue weighted by molar-refractivity contribution is 5.73. The molecule has 2 N–H and O–H groups in total. The summed E-state index contributed by atoms with van der Waals surface area (Å²) in [7, 11) is 0. The van der Waals surface area contributed by atoms with Crippen LogP contribution in [0.3, 0.4) is 0 Å². The van der Waals surface area contributed by atoms with Crippen molar-refractivity contribution in [3.63, 3.8) is 0 Å². The standard InChI is InChI=1S/C16H27NO7/c1-5-12-9(2)15(23-11(4)19)14(17-10(3)18)16(24-12)22-8-6-7-13(20)21/h9,12,14-16H,5-8H2,1-4H3,(H,17,18)(H,20,21). The van der Waals surface area contributed by atoms with Crippen LogP contribution in [0.2, 0.25) is 0 Å². The third kappa shape index (κ3) is 6.09. The van der Waals surface area contributed by atoms with Crippen molar-refractivity contribution in [1.82, 2.24) is 5.32 Å². The largest absolute Gasteiger partial charge is 0.481 e. The SMILES string of the molecule is CCC1OC(OCCCC(=O)O)C(NC(C)=O)C(OC(C)=O)C1C. The molecule has 138 valence electrons. The molecule has 8 nitrogen and oxygen atoms in total. The number of nitrogens with one attached hydrogen (secondary N) is 1. The Morgan fingerprint density at radius 1 is 1.25 bits per heavy atom. The minimum absolute atomic E-state index is 0.0154. The highest BCUT2D eigenvalue weighted by Gasteiger charge is 2.46. The molecule has 24 heavy (non-hydrogen) atoms. The Balaban J connectivity index is 2.86. The summed E-state index contributed by atoms with van der Waals surface area (Å²) in [6.45, 7) is 6.70. The number of amides is 1. The molecule has 1 aliphatic rings. The number of carboxylic acid groups (broad SMARTS) is 1.